The second kappa shape index (κ2) is 9.71. The summed E-state index contributed by atoms with van der Waals surface area (Å²) in [6, 6.07) is 16.8. The number of halogens is 1. The van der Waals surface area contributed by atoms with Gasteiger partial charge < -0.3 is 10.2 Å². The fourth-order valence-electron chi connectivity index (χ4n) is 2.64. The van der Waals surface area contributed by atoms with E-state index in [4.69, 9.17) is 11.6 Å². The van der Waals surface area contributed by atoms with Gasteiger partial charge in [-0.05, 0) is 35.9 Å². The summed E-state index contributed by atoms with van der Waals surface area (Å²) in [5, 5.41) is 7.62. The van der Waals surface area contributed by atoms with Crippen LogP contribution in [0.25, 0.3) is 6.08 Å². The lowest BCUT2D eigenvalue weighted by molar-refractivity contribution is -0.129. The molecule has 1 N–H and O–H groups in total. The molecular weight excluding hydrogens is 388 g/mol. The number of hydrogen-bond donors (Lipinski definition) is 1. The van der Waals surface area contributed by atoms with Crippen molar-refractivity contribution in [3.05, 3.63) is 89.2 Å². The van der Waals surface area contributed by atoms with Gasteiger partial charge in [-0.3, -0.25) is 14.3 Å². The predicted octanol–water partition coefficient (Wildman–Crippen LogP) is 3.70. The van der Waals surface area contributed by atoms with Crippen LogP contribution in [0, 0.1) is 0 Å². The number of carbonyl (C=O) groups is 2. The van der Waals surface area contributed by atoms with Crippen molar-refractivity contribution < 1.29 is 9.59 Å². The average molecular weight is 409 g/mol. The van der Waals surface area contributed by atoms with Crippen LogP contribution >= 0.6 is 11.6 Å². The van der Waals surface area contributed by atoms with Crippen LogP contribution in [0.4, 0.5) is 5.69 Å². The van der Waals surface area contributed by atoms with Crippen molar-refractivity contribution in [3.63, 3.8) is 0 Å². The van der Waals surface area contributed by atoms with Gasteiger partial charge in [0.05, 0.1) is 19.3 Å². The van der Waals surface area contributed by atoms with Crippen molar-refractivity contribution in [2.24, 2.45) is 0 Å². The first-order valence-electron chi connectivity index (χ1n) is 9.04. The molecule has 0 aliphatic carbocycles. The highest BCUT2D eigenvalue weighted by molar-refractivity contribution is 6.30. The van der Waals surface area contributed by atoms with E-state index in [-0.39, 0.29) is 18.4 Å². The van der Waals surface area contributed by atoms with Gasteiger partial charge in [0.1, 0.15) is 0 Å². The average Bonchev–Trinajstić information content (AvgIpc) is 3.16. The van der Waals surface area contributed by atoms with Crippen LogP contribution in [-0.4, -0.2) is 40.1 Å². The highest BCUT2D eigenvalue weighted by Gasteiger charge is 2.11. The zero-order valence-electron chi connectivity index (χ0n) is 16.0. The number of anilines is 1. The molecule has 29 heavy (non-hydrogen) atoms. The molecule has 0 radical (unpaired) electrons. The van der Waals surface area contributed by atoms with Gasteiger partial charge in [0, 0.05) is 35.6 Å². The Balaban J connectivity index is 1.50. The molecule has 148 valence electrons. The Kier molecular flexibility index (Phi) is 6.81. The van der Waals surface area contributed by atoms with Crippen molar-refractivity contribution in [2.75, 3.05) is 18.9 Å². The van der Waals surface area contributed by atoms with Gasteiger partial charge in [-0.25, -0.2) is 0 Å². The number of amides is 2. The Bertz CT molecular complexity index is 997. The van der Waals surface area contributed by atoms with Crippen LogP contribution in [-0.2, 0) is 16.1 Å². The predicted molar refractivity (Wildman–Crippen MR) is 115 cm³/mol. The van der Waals surface area contributed by atoms with Crippen LogP contribution in [0.5, 0.6) is 0 Å². The molecular formula is C22H21ClN4O2. The third-order valence-corrected chi connectivity index (χ3v) is 4.40. The van der Waals surface area contributed by atoms with Gasteiger partial charge in [-0.2, -0.15) is 5.10 Å². The Hall–Kier alpha value is -3.38. The maximum absolute atomic E-state index is 12.3. The summed E-state index contributed by atoms with van der Waals surface area (Å²) in [7, 11) is 1.58. The van der Waals surface area contributed by atoms with Crippen molar-refractivity contribution >= 4 is 35.2 Å². The number of nitrogens with one attached hydrogen (secondary N) is 1. The Labute approximate surface area is 174 Å². The molecule has 0 saturated carbocycles. The number of benzene rings is 2. The number of hydrogen-bond acceptors (Lipinski definition) is 3. The molecule has 0 aliphatic rings. The van der Waals surface area contributed by atoms with E-state index in [1.165, 1.54) is 11.0 Å². The summed E-state index contributed by atoms with van der Waals surface area (Å²) >= 11 is 5.82. The molecule has 2 amide bonds. The number of aromatic nitrogens is 2. The van der Waals surface area contributed by atoms with Gasteiger partial charge in [-0.1, -0.05) is 41.9 Å². The third kappa shape index (κ3) is 6.33. The lowest BCUT2D eigenvalue weighted by atomic mass is 10.2. The van der Waals surface area contributed by atoms with Crippen molar-refractivity contribution in [3.8, 4) is 0 Å². The maximum atomic E-state index is 12.3. The number of nitrogens with zero attached hydrogens (tertiary/aromatic N) is 3. The van der Waals surface area contributed by atoms with E-state index in [9.17, 15) is 9.59 Å². The van der Waals surface area contributed by atoms with E-state index in [1.807, 2.05) is 41.2 Å². The molecule has 3 rings (SSSR count). The summed E-state index contributed by atoms with van der Waals surface area (Å²) in [6.07, 6.45) is 6.67. The molecule has 0 bridgehead atoms. The van der Waals surface area contributed by atoms with E-state index in [0.29, 0.717) is 17.3 Å². The topological polar surface area (TPSA) is 67.2 Å². The number of carbonyl (C=O) groups excluding carboxylic acids is 2. The fourth-order valence-corrected chi connectivity index (χ4v) is 2.77. The molecule has 1 aromatic heterocycles. The lowest BCUT2D eigenvalue weighted by Gasteiger charge is -2.14. The van der Waals surface area contributed by atoms with Crippen LogP contribution in [0.1, 0.15) is 11.1 Å². The van der Waals surface area contributed by atoms with Crippen LogP contribution in [0.3, 0.4) is 0 Å². The molecule has 0 unspecified atom stereocenters. The summed E-state index contributed by atoms with van der Waals surface area (Å²) in [5.74, 6) is -0.556. The third-order valence-electron chi connectivity index (χ3n) is 4.14. The minimum Gasteiger partial charge on any atom is -0.333 e. The first kappa shape index (κ1) is 20.4. The Morgan fingerprint density at radius 2 is 1.86 bits per heavy atom. The molecule has 0 fully saturated rings. The smallest absolute Gasteiger partial charge is 0.246 e. The zero-order chi connectivity index (χ0) is 20.6. The molecule has 1 heterocycles. The van der Waals surface area contributed by atoms with Crippen LogP contribution in [0.15, 0.2) is 73.1 Å². The summed E-state index contributed by atoms with van der Waals surface area (Å²) in [5.41, 5.74) is 2.59. The standard InChI is InChI=1S/C22H21ClN4O2/c1-26(16-21(28)25-20-10-8-19(23)9-11-20)22(29)12-7-18-13-24-27(15-18)14-17-5-3-2-4-6-17/h2-13,15H,14,16H2,1H3,(H,25,28)/b12-7+. The highest BCUT2D eigenvalue weighted by Crippen LogP contribution is 2.13. The van der Waals surface area contributed by atoms with Crippen molar-refractivity contribution in [1.82, 2.24) is 14.7 Å². The molecule has 0 aliphatic heterocycles. The minimum absolute atomic E-state index is 0.0565. The lowest BCUT2D eigenvalue weighted by Crippen LogP contribution is -2.33. The normalized spacial score (nSPS) is 10.8. The highest BCUT2D eigenvalue weighted by atomic mass is 35.5. The van der Waals surface area contributed by atoms with E-state index in [1.54, 1.807) is 43.6 Å². The van der Waals surface area contributed by atoms with Gasteiger partial charge >= 0.3 is 0 Å². The Morgan fingerprint density at radius 1 is 1.14 bits per heavy atom. The molecule has 3 aromatic rings. The minimum atomic E-state index is -0.285. The van der Waals surface area contributed by atoms with Gasteiger partial charge in [-0.15, -0.1) is 0 Å². The number of rotatable bonds is 7. The summed E-state index contributed by atoms with van der Waals surface area (Å²) in [4.78, 5) is 25.7. The van der Waals surface area contributed by atoms with Gasteiger partial charge in [0.2, 0.25) is 11.8 Å². The monoisotopic (exact) mass is 408 g/mol. The van der Waals surface area contributed by atoms with Gasteiger partial charge in [0.25, 0.3) is 0 Å². The fraction of sp³-hybridized carbons (Fsp3) is 0.136. The molecule has 2 aromatic carbocycles. The summed E-state index contributed by atoms with van der Waals surface area (Å²) in [6.45, 7) is 0.604. The molecule has 7 heteroatoms. The largest absolute Gasteiger partial charge is 0.333 e. The molecule has 0 saturated heterocycles. The van der Waals surface area contributed by atoms with E-state index in [0.717, 1.165) is 11.1 Å². The van der Waals surface area contributed by atoms with Crippen molar-refractivity contribution in [1.29, 1.82) is 0 Å². The first-order valence-corrected chi connectivity index (χ1v) is 9.42. The second-order valence-corrected chi connectivity index (χ2v) is 6.98. The SMILES string of the molecule is CN(CC(=O)Nc1ccc(Cl)cc1)C(=O)/C=C/c1cnn(Cc2ccccc2)c1. The van der Waals surface area contributed by atoms with Crippen LogP contribution in [0.2, 0.25) is 5.02 Å². The number of likely N-dealkylation sites (N-methyl/N-ethyl adjacent to an activating group) is 1. The van der Waals surface area contributed by atoms with Crippen LogP contribution < -0.4 is 5.32 Å². The Morgan fingerprint density at radius 3 is 2.59 bits per heavy atom. The van der Waals surface area contributed by atoms with Crippen molar-refractivity contribution in [2.45, 2.75) is 6.54 Å². The molecule has 6 nitrogen and oxygen atoms in total. The van der Waals surface area contributed by atoms with E-state index >= 15 is 0 Å². The zero-order valence-corrected chi connectivity index (χ0v) is 16.7. The molecule has 0 spiro atoms. The molecule has 0 atom stereocenters. The summed E-state index contributed by atoms with van der Waals surface area (Å²) < 4.78 is 1.81. The van der Waals surface area contributed by atoms with E-state index < -0.39 is 0 Å². The maximum Gasteiger partial charge on any atom is 0.246 e. The van der Waals surface area contributed by atoms with Gasteiger partial charge in [0.15, 0.2) is 0 Å². The quantitative estimate of drug-likeness (QED) is 0.606. The second-order valence-electron chi connectivity index (χ2n) is 6.54. The van der Waals surface area contributed by atoms with E-state index in [2.05, 4.69) is 10.4 Å². The first-order chi connectivity index (χ1) is 14.0.